The van der Waals surface area contributed by atoms with E-state index in [1.165, 1.54) is 5.56 Å². The number of methoxy groups -OCH3 is 2. The van der Waals surface area contributed by atoms with Crippen LogP contribution in [0, 0.1) is 5.92 Å². The fraction of sp³-hybridized carbons (Fsp3) is 0.571. The van der Waals surface area contributed by atoms with Crippen LogP contribution in [0.4, 0.5) is 0 Å². The van der Waals surface area contributed by atoms with Gasteiger partial charge >= 0.3 is 0 Å². The van der Waals surface area contributed by atoms with E-state index in [1.54, 1.807) is 14.2 Å². The molecule has 0 spiro atoms. The Morgan fingerprint density at radius 3 is 2.71 bits per heavy atom. The van der Waals surface area contributed by atoms with E-state index in [0.717, 1.165) is 30.9 Å². The van der Waals surface area contributed by atoms with Gasteiger partial charge in [-0.1, -0.05) is 0 Å². The van der Waals surface area contributed by atoms with E-state index < -0.39 is 0 Å². The third-order valence-corrected chi connectivity index (χ3v) is 3.50. The largest absolute Gasteiger partial charge is 0.497 e. The van der Waals surface area contributed by atoms with Crippen LogP contribution < -0.4 is 9.47 Å². The Bertz CT molecular complexity index is 376. The molecule has 1 aromatic rings. The lowest BCUT2D eigenvalue weighted by atomic mass is 9.93. The summed E-state index contributed by atoms with van der Waals surface area (Å²) in [7, 11) is 3.40. The fourth-order valence-corrected chi connectivity index (χ4v) is 2.37. The molecule has 1 saturated heterocycles. The van der Waals surface area contributed by atoms with Gasteiger partial charge in [-0.05, 0) is 49.4 Å². The Balaban J connectivity index is 2.17. The number of hydrogen-bond acceptors (Lipinski definition) is 3. The lowest BCUT2D eigenvalue weighted by molar-refractivity contribution is 0.106. The minimum absolute atomic E-state index is 0.339. The average molecular weight is 236 g/mol. The van der Waals surface area contributed by atoms with Gasteiger partial charge in [0.1, 0.15) is 11.5 Å². The zero-order chi connectivity index (χ0) is 12.3. The second kappa shape index (κ2) is 5.41. The zero-order valence-corrected chi connectivity index (χ0v) is 10.7. The van der Waals surface area contributed by atoms with Gasteiger partial charge in [0.2, 0.25) is 0 Å². The van der Waals surface area contributed by atoms with E-state index >= 15 is 0 Å². The van der Waals surface area contributed by atoms with Crippen molar-refractivity contribution in [3.8, 4) is 11.5 Å². The normalized spacial score (nSPS) is 23.7. The number of rotatable bonds is 4. The molecule has 0 bridgehead atoms. The predicted octanol–water partition coefficient (Wildman–Crippen LogP) is 2.67. The molecule has 94 valence electrons. The predicted molar refractivity (Wildman–Crippen MR) is 66.8 cm³/mol. The van der Waals surface area contributed by atoms with E-state index in [0.29, 0.717) is 12.0 Å². The number of ether oxygens (including phenoxy) is 3. The Labute approximate surface area is 103 Å². The molecule has 0 N–H and O–H groups in total. The van der Waals surface area contributed by atoms with Crippen molar-refractivity contribution in [1.29, 1.82) is 0 Å². The molecule has 17 heavy (non-hydrogen) atoms. The monoisotopic (exact) mass is 236 g/mol. The Morgan fingerprint density at radius 1 is 1.29 bits per heavy atom. The second-order valence-electron chi connectivity index (χ2n) is 4.51. The average Bonchev–Trinajstić information content (AvgIpc) is 2.75. The standard InChI is InChI=1S/C14H20O3/c1-10-11(6-7-17-10)8-12-9-13(15-2)4-5-14(12)16-3/h4-5,9-11H,6-8H2,1-3H3/t10-,11?/m1/s1. The SMILES string of the molecule is COc1ccc(OC)c(CC2CCO[C@@H]2C)c1. The molecule has 1 unspecified atom stereocenters. The van der Waals surface area contributed by atoms with Gasteiger partial charge in [0.15, 0.2) is 0 Å². The summed E-state index contributed by atoms with van der Waals surface area (Å²) < 4.78 is 16.2. The van der Waals surface area contributed by atoms with Gasteiger partial charge in [-0.3, -0.25) is 0 Å². The molecule has 0 saturated carbocycles. The van der Waals surface area contributed by atoms with Crippen molar-refractivity contribution < 1.29 is 14.2 Å². The van der Waals surface area contributed by atoms with Crippen LogP contribution in [0.15, 0.2) is 18.2 Å². The van der Waals surface area contributed by atoms with Crippen LogP contribution >= 0.6 is 0 Å². The molecule has 3 heteroatoms. The highest BCUT2D eigenvalue weighted by molar-refractivity contribution is 5.40. The maximum Gasteiger partial charge on any atom is 0.122 e. The molecule has 2 rings (SSSR count). The first kappa shape index (κ1) is 12.2. The first-order chi connectivity index (χ1) is 8.24. The highest BCUT2D eigenvalue weighted by atomic mass is 16.5. The number of hydrogen-bond donors (Lipinski definition) is 0. The molecule has 3 nitrogen and oxygen atoms in total. The van der Waals surface area contributed by atoms with Gasteiger partial charge < -0.3 is 14.2 Å². The summed E-state index contributed by atoms with van der Waals surface area (Å²) in [6, 6.07) is 5.95. The van der Waals surface area contributed by atoms with Gasteiger partial charge in [-0.25, -0.2) is 0 Å². The van der Waals surface area contributed by atoms with Crippen molar-refractivity contribution in [2.75, 3.05) is 20.8 Å². The van der Waals surface area contributed by atoms with Gasteiger partial charge in [-0.2, -0.15) is 0 Å². The van der Waals surface area contributed by atoms with Crippen molar-refractivity contribution in [1.82, 2.24) is 0 Å². The van der Waals surface area contributed by atoms with E-state index in [4.69, 9.17) is 14.2 Å². The summed E-state index contributed by atoms with van der Waals surface area (Å²) in [5.74, 6) is 2.40. The highest BCUT2D eigenvalue weighted by Crippen LogP contribution is 2.31. The number of benzene rings is 1. The smallest absolute Gasteiger partial charge is 0.122 e. The Morgan fingerprint density at radius 2 is 2.12 bits per heavy atom. The molecular formula is C14H20O3. The van der Waals surface area contributed by atoms with Crippen LogP contribution in [0.1, 0.15) is 18.9 Å². The third-order valence-electron chi connectivity index (χ3n) is 3.50. The summed E-state index contributed by atoms with van der Waals surface area (Å²) in [6.07, 6.45) is 2.45. The van der Waals surface area contributed by atoms with Crippen molar-refractivity contribution >= 4 is 0 Å². The summed E-state index contributed by atoms with van der Waals surface area (Å²) in [5, 5.41) is 0. The molecule has 0 amide bonds. The lowest BCUT2D eigenvalue weighted by Gasteiger charge is -2.16. The molecule has 0 aliphatic carbocycles. The van der Waals surface area contributed by atoms with Gasteiger partial charge in [0, 0.05) is 6.61 Å². The van der Waals surface area contributed by atoms with E-state index in [-0.39, 0.29) is 0 Å². The highest BCUT2D eigenvalue weighted by Gasteiger charge is 2.25. The van der Waals surface area contributed by atoms with E-state index in [9.17, 15) is 0 Å². The first-order valence-corrected chi connectivity index (χ1v) is 6.07. The van der Waals surface area contributed by atoms with E-state index in [1.807, 2.05) is 12.1 Å². The lowest BCUT2D eigenvalue weighted by Crippen LogP contribution is -2.14. The van der Waals surface area contributed by atoms with E-state index in [2.05, 4.69) is 13.0 Å². The van der Waals surface area contributed by atoms with Gasteiger partial charge in [0.25, 0.3) is 0 Å². The summed E-state index contributed by atoms with van der Waals surface area (Å²) in [4.78, 5) is 0. The molecule has 1 fully saturated rings. The van der Waals surface area contributed by atoms with Crippen LogP contribution in [0.3, 0.4) is 0 Å². The van der Waals surface area contributed by atoms with Gasteiger partial charge in [0.05, 0.1) is 20.3 Å². The van der Waals surface area contributed by atoms with Crippen molar-refractivity contribution in [3.05, 3.63) is 23.8 Å². The van der Waals surface area contributed by atoms with Crippen LogP contribution in [-0.2, 0) is 11.2 Å². The quantitative estimate of drug-likeness (QED) is 0.804. The topological polar surface area (TPSA) is 27.7 Å². The molecule has 1 aliphatic rings. The molecule has 1 aromatic carbocycles. The molecule has 1 aliphatic heterocycles. The molecule has 2 atom stereocenters. The molecular weight excluding hydrogens is 216 g/mol. The van der Waals surface area contributed by atoms with Crippen molar-refractivity contribution in [2.24, 2.45) is 5.92 Å². The zero-order valence-electron chi connectivity index (χ0n) is 10.7. The maximum atomic E-state index is 5.60. The van der Waals surface area contributed by atoms with Gasteiger partial charge in [-0.15, -0.1) is 0 Å². The summed E-state index contributed by atoms with van der Waals surface area (Å²) in [6.45, 7) is 3.02. The molecule has 0 radical (unpaired) electrons. The summed E-state index contributed by atoms with van der Waals surface area (Å²) in [5.41, 5.74) is 1.20. The fourth-order valence-electron chi connectivity index (χ4n) is 2.37. The van der Waals surface area contributed by atoms with Crippen LogP contribution in [0.25, 0.3) is 0 Å². The minimum Gasteiger partial charge on any atom is -0.497 e. The van der Waals surface area contributed by atoms with Crippen molar-refractivity contribution in [3.63, 3.8) is 0 Å². The maximum absolute atomic E-state index is 5.60. The molecule has 0 aromatic heterocycles. The first-order valence-electron chi connectivity index (χ1n) is 6.07. The molecule has 1 heterocycles. The van der Waals surface area contributed by atoms with Crippen LogP contribution in [0.2, 0.25) is 0 Å². The van der Waals surface area contributed by atoms with Crippen LogP contribution in [-0.4, -0.2) is 26.9 Å². The van der Waals surface area contributed by atoms with Crippen LogP contribution in [0.5, 0.6) is 11.5 Å². The Hall–Kier alpha value is -1.22. The van der Waals surface area contributed by atoms with Crippen molar-refractivity contribution in [2.45, 2.75) is 25.9 Å². The Kier molecular flexibility index (Phi) is 3.89. The summed E-state index contributed by atoms with van der Waals surface area (Å²) >= 11 is 0. The minimum atomic E-state index is 0.339. The third kappa shape index (κ3) is 2.72. The second-order valence-corrected chi connectivity index (χ2v) is 4.51.